The van der Waals surface area contributed by atoms with Crippen LogP contribution in [0.4, 0.5) is 0 Å². The van der Waals surface area contributed by atoms with Gasteiger partial charge in [-0.1, -0.05) is 24.3 Å². The Labute approximate surface area is 211 Å². The fraction of sp³-hybridized carbons (Fsp3) is 0.304. The summed E-state index contributed by atoms with van der Waals surface area (Å²) in [6.07, 6.45) is 0.740. The second-order valence-electron chi connectivity index (χ2n) is 7.35. The van der Waals surface area contributed by atoms with Crippen molar-refractivity contribution in [3.8, 4) is 0 Å². The molecule has 0 saturated heterocycles. The summed E-state index contributed by atoms with van der Waals surface area (Å²) >= 11 is 0. The monoisotopic (exact) mass is 566 g/mol. The smallest absolute Gasteiger partial charge is 0.253 e. The minimum atomic E-state index is -0.590. The van der Waals surface area contributed by atoms with Gasteiger partial charge >= 0.3 is 0 Å². The summed E-state index contributed by atoms with van der Waals surface area (Å²) in [7, 11) is 5.16. The first-order valence-corrected chi connectivity index (χ1v) is 10.2. The third-order valence-electron chi connectivity index (χ3n) is 4.61. The number of aliphatic imine (C=N–C) groups is 1. The van der Waals surface area contributed by atoms with Gasteiger partial charge in [-0.3, -0.25) is 19.4 Å². The first kappa shape index (κ1) is 27.9. The van der Waals surface area contributed by atoms with E-state index in [4.69, 9.17) is 5.73 Å². The Morgan fingerprint density at radius 1 is 0.939 bits per heavy atom. The van der Waals surface area contributed by atoms with Crippen molar-refractivity contribution in [1.82, 2.24) is 20.9 Å². The van der Waals surface area contributed by atoms with Crippen LogP contribution in [0.5, 0.6) is 0 Å². The number of hydrogen-bond acceptors (Lipinski definition) is 4. The number of halogens is 1. The van der Waals surface area contributed by atoms with E-state index < -0.39 is 5.91 Å². The number of nitrogens with one attached hydrogen (secondary N) is 3. The highest BCUT2D eigenvalue weighted by atomic mass is 127. The molecular formula is C23H31IN6O3. The second-order valence-corrected chi connectivity index (χ2v) is 7.35. The molecule has 0 heterocycles. The van der Waals surface area contributed by atoms with Gasteiger partial charge in [-0.25, -0.2) is 0 Å². The maximum atomic E-state index is 12.1. The van der Waals surface area contributed by atoms with Crippen LogP contribution in [-0.4, -0.2) is 62.8 Å². The number of benzene rings is 2. The Balaban J connectivity index is 0.00000544. The van der Waals surface area contributed by atoms with E-state index >= 15 is 0 Å². The molecule has 33 heavy (non-hydrogen) atoms. The molecule has 0 aliphatic carbocycles. The number of nitrogens with two attached hydrogens (primary N) is 1. The quantitative estimate of drug-likeness (QED) is 0.206. The molecule has 9 nitrogen and oxygen atoms in total. The zero-order valence-electron chi connectivity index (χ0n) is 19.1. The summed E-state index contributed by atoms with van der Waals surface area (Å²) in [6.45, 7) is 0.980. The van der Waals surface area contributed by atoms with Crippen LogP contribution in [-0.2, 0) is 17.8 Å². The molecule has 0 spiro atoms. The highest BCUT2D eigenvalue weighted by molar-refractivity contribution is 14.0. The summed E-state index contributed by atoms with van der Waals surface area (Å²) in [4.78, 5) is 40.5. The SMILES string of the molecule is CN=C(NCCc1cccc(C(=O)N(C)C)c1)NCc1ccc(C(=O)NCC(N)=O)cc1.I. The van der Waals surface area contributed by atoms with Gasteiger partial charge in [0.25, 0.3) is 11.8 Å². The Hall–Kier alpha value is -3.15. The van der Waals surface area contributed by atoms with Crippen molar-refractivity contribution < 1.29 is 14.4 Å². The molecule has 0 aliphatic rings. The van der Waals surface area contributed by atoms with Crippen LogP contribution in [0.3, 0.4) is 0 Å². The number of carbonyl (C=O) groups excluding carboxylic acids is 3. The van der Waals surface area contributed by atoms with Gasteiger partial charge < -0.3 is 26.6 Å². The summed E-state index contributed by atoms with van der Waals surface area (Å²) in [6, 6.07) is 14.6. The molecule has 3 amide bonds. The van der Waals surface area contributed by atoms with Crippen molar-refractivity contribution in [2.75, 3.05) is 34.2 Å². The standard InChI is InChI=1S/C23H30N6O3.HI/c1-25-23(26-12-11-16-5-4-6-19(13-16)22(32)29(2)3)28-14-17-7-9-18(10-8-17)21(31)27-15-20(24)30;/h4-10,13H,11-12,14-15H2,1-3H3,(H2,24,30)(H,27,31)(H2,25,26,28);1H. The van der Waals surface area contributed by atoms with Crippen LogP contribution < -0.4 is 21.7 Å². The Morgan fingerprint density at radius 3 is 2.24 bits per heavy atom. The highest BCUT2D eigenvalue weighted by Crippen LogP contribution is 2.08. The van der Waals surface area contributed by atoms with Crippen molar-refractivity contribution in [3.63, 3.8) is 0 Å². The van der Waals surface area contributed by atoms with Crippen molar-refractivity contribution in [2.24, 2.45) is 10.7 Å². The first-order valence-electron chi connectivity index (χ1n) is 10.2. The van der Waals surface area contributed by atoms with E-state index in [-0.39, 0.29) is 42.3 Å². The normalized spacial score (nSPS) is 10.6. The fourth-order valence-electron chi connectivity index (χ4n) is 2.89. The summed E-state index contributed by atoms with van der Waals surface area (Å²) in [5, 5.41) is 8.92. The third kappa shape index (κ3) is 9.48. The topological polar surface area (TPSA) is 129 Å². The van der Waals surface area contributed by atoms with Crippen LogP contribution in [0.2, 0.25) is 0 Å². The minimum Gasteiger partial charge on any atom is -0.368 e. The lowest BCUT2D eigenvalue weighted by atomic mass is 10.1. The lowest BCUT2D eigenvalue weighted by Crippen LogP contribution is -2.37. The zero-order valence-corrected chi connectivity index (χ0v) is 21.4. The van der Waals surface area contributed by atoms with Crippen molar-refractivity contribution in [3.05, 3.63) is 70.8 Å². The molecule has 10 heteroatoms. The van der Waals surface area contributed by atoms with Gasteiger partial charge in [0.1, 0.15) is 0 Å². The predicted molar refractivity (Wildman–Crippen MR) is 140 cm³/mol. The van der Waals surface area contributed by atoms with Crippen LogP contribution in [0.1, 0.15) is 31.8 Å². The molecule has 0 saturated carbocycles. The number of primary amides is 1. The van der Waals surface area contributed by atoms with E-state index in [0.717, 1.165) is 17.5 Å². The van der Waals surface area contributed by atoms with Crippen LogP contribution in [0.15, 0.2) is 53.5 Å². The summed E-state index contributed by atoms with van der Waals surface area (Å²) in [5.74, 6) is -0.313. The third-order valence-corrected chi connectivity index (χ3v) is 4.61. The van der Waals surface area contributed by atoms with E-state index in [1.54, 1.807) is 38.2 Å². The molecule has 0 unspecified atom stereocenters. The zero-order chi connectivity index (χ0) is 23.5. The largest absolute Gasteiger partial charge is 0.368 e. The van der Waals surface area contributed by atoms with Gasteiger partial charge in [0.2, 0.25) is 5.91 Å². The van der Waals surface area contributed by atoms with E-state index in [1.807, 2.05) is 36.4 Å². The lowest BCUT2D eigenvalue weighted by Gasteiger charge is -2.13. The summed E-state index contributed by atoms with van der Waals surface area (Å²) < 4.78 is 0. The number of hydrogen-bond donors (Lipinski definition) is 4. The average Bonchev–Trinajstić information content (AvgIpc) is 2.79. The van der Waals surface area contributed by atoms with Crippen LogP contribution in [0, 0.1) is 0 Å². The highest BCUT2D eigenvalue weighted by Gasteiger charge is 2.09. The fourth-order valence-corrected chi connectivity index (χ4v) is 2.89. The molecule has 0 aliphatic heterocycles. The maximum Gasteiger partial charge on any atom is 0.253 e. The number of carbonyl (C=O) groups is 3. The predicted octanol–water partition coefficient (Wildman–Crippen LogP) is 1.13. The van der Waals surface area contributed by atoms with Crippen LogP contribution >= 0.6 is 24.0 Å². The van der Waals surface area contributed by atoms with Gasteiger partial charge in [-0.05, 0) is 41.8 Å². The molecule has 5 N–H and O–H groups in total. The number of guanidine groups is 1. The van der Waals surface area contributed by atoms with Crippen molar-refractivity contribution >= 4 is 47.7 Å². The molecule has 2 aromatic carbocycles. The number of rotatable bonds is 9. The molecule has 2 aromatic rings. The number of amides is 3. The summed E-state index contributed by atoms with van der Waals surface area (Å²) in [5.41, 5.74) is 8.17. The molecular weight excluding hydrogens is 535 g/mol. The number of nitrogens with zero attached hydrogens (tertiary/aromatic N) is 2. The minimum absolute atomic E-state index is 0. The van der Waals surface area contributed by atoms with E-state index in [0.29, 0.717) is 30.2 Å². The van der Waals surface area contributed by atoms with E-state index in [1.165, 1.54) is 0 Å². The molecule has 0 aromatic heterocycles. The van der Waals surface area contributed by atoms with E-state index in [9.17, 15) is 14.4 Å². The molecule has 0 radical (unpaired) electrons. The second kappa shape index (κ2) is 14.1. The maximum absolute atomic E-state index is 12.1. The van der Waals surface area contributed by atoms with Crippen LogP contribution in [0.25, 0.3) is 0 Å². The van der Waals surface area contributed by atoms with Gasteiger partial charge in [0.15, 0.2) is 5.96 Å². The van der Waals surface area contributed by atoms with Gasteiger partial charge in [0, 0.05) is 45.4 Å². The Bertz CT molecular complexity index is 976. The van der Waals surface area contributed by atoms with Crippen molar-refractivity contribution in [2.45, 2.75) is 13.0 Å². The molecule has 0 atom stereocenters. The van der Waals surface area contributed by atoms with E-state index in [2.05, 4.69) is 20.9 Å². The molecule has 0 fully saturated rings. The first-order chi connectivity index (χ1) is 15.3. The molecule has 0 bridgehead atoms. The van der Waals surface area contributed by atoms with Gasteiger partial charge in [0.05, 0.1) is 6.54 Å². The van der Waals surface area contributed by atoms with Gasteiger partial charge in [-0.2, -0.15) is 0 Å². The Morgan fingerprint density at radius 2 is 1.64 bits per heavy atom. The lowest BCUT2D eigenvalue weighted by molar-refractivity contribution is -0.117. The van der Waals surface area contributed by atoms with Crippen molar-refractivity contribution in [1.29, 1.82) is 0 Å². The van der Waals surface area contributed by atoms with Gasteiger partial charge in [-0.15, -0.1) is 24.0 Å². The molecule has 2 rings (SSSR count). The average molecular weight is 566 g/mol. The molecule has 178 valence electrons. The Kier molecular flexibility index (Phi) is 11.9.